The van der Waals surface area contributed by atoms with Crippen LogP contribution in [0.5, 0.6) is 0 Å². The van der Waals surface area contributed by atoms with E-state index >= 15 is 0 Å². The summed E-state index contributed by atoms with van der Waals surface area (Å²) in [5, 5.41) is 0. The molecule has 21 heavy (non-hydrogen) atoms. The van der Waals surface area contributed by atoms with Crippen LogP contribution in [0.4, 0.5) is 4.39 Å². The molecule has 0 spiro atoms. The van der Waals surface area contributed by atoms with Crippen molar-refractivity contribution >= 4 is 5.91 Å². The minimum Gasteiger partial charge on any atom is -0.372 e. The van der Waals surface area contributed by atoms with Crippen LogP contribution in [0.15, 0.2) is 24.3 Å². The van der Waals surface area contributed by atoms with Crippen LogP contribution in [-0.4, -0.2) is 30.0 Å². The molecule has 1 unspecified atom stereocenters. The summed E-state index contributed by atoms with van der Waals surface area (Å²) in [6, 6.07) is 6.69. The van der Waals surface area contributed by atoms with E-state index < -0.39 is 0 Å². The summed E-state index contributed by atoms with van der Waals surface area (Å²) in [6.45, 7) is 1.78. The van der Waals surface area contributed by atoms with Crippen molar-refractivity contribution in [3.8, 4) is 0 Å². The third-order valence-corrected chi connectivity index (χ3v) is 4.58. The first kappa shape index (κ1) is 14.5. The predicted octanol–water partition coefficient (Wildman–Crippen LogP) is 3.13. The Kier molecular flexibility index (Phi) is 4.54. The Balaban J connectivity index is 1.51. The summed E-state index contributed by atoms with van der Waals surface area (Å²) >= 11 is 0. The summed E-state index contributed by atoms with van der Waals surface area (Å²) in [4.78, 5) is 14.2. The van der Waals surface area contributed by atoms with Crippen molar-refractivity contribution in [3.05, 3.63) is 35.6 Å². The fraction of sp³-hybridized carbons (Fsp3) is 0.588. The van der Waals surface area contributed by atoms with Gasteiger partial charge >= 0.3 is 0 Å². The van der Waals surface area contributed by atoms with Crippen LogP contribution in [0.2, 0.25) is 0 Å². The third-order valence-electron chi connectivity index (χ3n) is 4.58. The lowest BCUT2D eigenvalue weighted by Gasteiger charge is -2.37. The molecule has 3 nitrogen and oxygen atoms in total. The fourth-order valence-electron chi connectivity index (χ4n) is 3.01. The molecule has 1 atom stereocenters. The Morgan fingerprint density at radius 1 is 1.24 bits per heavy atom. The Labute approximate surface area is 125 Å². The number of carbonyl (C=O) groups excluding carboxylic acids is 1. The molecular formula is C17H22FNO2. The summed E-state index contributed by atoms with van der Waals surface area (Å²) in [7, 11) is 0. The van der Waals surface area contributed by atoms with E-state index in [0.29, 0.717) is 18.0 Å². The number of ether oxygens (including phenoxy) is 1. The van der Waals surface area contributed by atoms with E-state index in [2.05, 4.69) is 0 Å². The van der Waals surface area contributed by atoms with Crippen LogP contribution in [-0.2, 0) is 16.1 Å². The number of carbonyl (C=O) groups is 1. The molecule has 0 bridgehead atoms. The van der Waals surface area contributed by atoms with Crippen molar-refractivity contribution in [1.29, 1.82) is 0 Å². The molecule has 1 aliphatic heterocycles. The number of hydrogen-bond donors (Lipinski definition) is 0. The number of rotatable bonds is 4. The van der Waals surface area contributed by atoms with Crippen LogP contribution < -0.4 is 0 Å². The van der Waals surface area contributed by atoms with E-state index in [-0.39, 0.29) is 24.4 Å². The molecule has 0 aromatic heterocycles. The van der Waals surface area contributed by atoms with Crippen molar-refractivity contribution in [3.63, 3.8) is 0 Å². The maximum absolute atomic E-state index is 13.6. The van der Waals surface area contributed by atoms with Crippen LogP contribution >= 0.6 is 0 Å². The maximum atomic E-state index is 13.6. The lowest BCUT2D eigenvalue weighted by atomic mass is 9.84. The average Bonchev–Trinajstić information content (AvgIpc) is 2.45. The molecule has 1 heterocycles. The van der Waals surface area contributed by atoms with Gasteiger partial charge in [0.15, 0.2) is 0 Å². The smallest absolute Gasteiger partial charge is 0.225 e. The van der Waals surface area contributed by atoms with Gasteiger partial charge in [0.25, 0.3) is 0 Å². The van der Waals surface area contributed by atoms with Gasteiger partial charge in [0, 0.05) is 24.6 Å². The van der Waals surface area contributed by atoms with Crippen molar-refractivity contribution < 1.29 is 13.9 Å². The number of nitrogens with zero attached hydrogens (tertiary/aromatic N) is 1. The number of likely N-dealkylation sites (tertiary alicyclic amines) is 1. The van der Waals surface area contributed by atoms with Gasteiger partial charge in [-0.3, -0.25) is 4.79 Å². The number of benzene rings is 1. The lowest BCUT2D eigenvalue weighted by Crippen LogP contribution is -2.46. The largest absolute Gasteiger partial charge is 0.372 e. The number of halogens is 1. The van der Waals surface area contributed by atoms with E-state index in [4.69, 9.17) is 4.74 Å². The van der Waals surface area contributed by atoms with E-state index in [1.165, 1.54) is 12.5 Å². The first-order chi connectivity index (χ1) is 10.2. The minimum absolute atomic E-state index is 0.0300. The van der Waals surface area contributed by atoms with Crippen molar-refractivity contribution in [2.45, 2.75) is 44.8 Å². The number of amides is 1. The standard InChI is InChI=1S/C17H22FNO2/c18-16-9-2-1-5-14(16)12-21-15-8-4-10-19(11-15)17(20)13-6-3-7-13/h1-2,5,9,13,15H,3-4,6-8,10-12H2. The van der Waals surface area contributed by atoms with Crippen LogP contribution in [0.1, 0.15) is 37.7 Å². The Morgan fingerprint density at radius 2 is 2.05 bits per heavy atom. The van der Waals surface area contributed by atoms with E-state index in [1.54, 1.807) is 12.1 Å². The topological polar surface area (TPSA) is 29.5 Å². The van der Waals surface area contributed by atoms with Crippen molar-refractivity contribution in [1.82, 2.24) is 4.90 Å². The van der Waals surface area contributed by atoms with Crippen molar-refractivity contribution in [2.24, 2.45) is 5.92 Å². The van der Waals surface area contributed by atoms with Gasteiger partial charge in [0.05, 0.1) is 12.7 Å². The molecule has 114 valence electrons. The van der Waals surface area contributed by atoms with E-state index in [0.717, 1.165) is 32.2 Å². The van der Waals surface area contributed by atoms with Crippen LogP contribution in [0.25, 0.3) is 0 Å². The highest BCUT2D eigenvalue weighted by Crippen LogP contribution is 2.29. The van der Waals surface area contributed by atoms with Crippen molar-refractivity contribution in [2.75, 3.05) is 13.1 Å². The molecular weight excluding hydrogens is 269 g/mol. The van der Waals surface area contributed by atoms with E-state index in [1.807, 2.05) is 11.0 Å². The molecule has 1 aromatic carbocycles. The maximum Gasteiger partial charge on any atom is 0.225 e. The second-order valence-electron chi connectivity index (χ2n) is 6.08. The van der Waals surface area contributed by atoms with Gasteiger partial charge in [-0.1, -0.05) is 24.6 Å². The van der Waals surface area contributed by atoms with Gasteiger partial charge < -0.3 is 9.64 Å². The molecule has 4 heteroatoms. The van der Waals surface area contributed by atoms with Gasteiger partial charge in [0.1, 0.15) is 5.82 Å². The predicted molar refractivity (Wildman–Crippen MR) is 78.1 cm³/mol. The molecule has 1 aliphatic carbocycles. The summed E-state index contributed by atoms with van der Waals surface area (Å²) in [6.07, 6.45) is 5.20. The molecule has 1 aromatic rings. The zero-order chi connectivity index (χ0) is 14.7. The minimum atomic E-state index is -0.226. The molecule has 0 radical (unpaired) electrons. The van der Waals surface area contributed by atoms with Gasteiger partial charge in [-0.2, -0.15) is 0 Å². The first-order valence-corrected chi connectivity index (χ1v) is 7.88. The Hall–Kier alpha value is -1.42. The molecule has 2 fully saturated rings. The monoisotopic (exact) mass is 291 g/mol. The molecule has 1 saturated heterocycles. The van der Waals surface area contributed by atoms with E-state index in [9.17, 15) is 9.18 Å². The summed E-state index contributed by atoms with van der Waals surface area (Å²) in [5.74, 6) is 0.312. The molecule has 1 saturated carbocycles. The Bertz CT molecular complexity index is 501. The van der Waals surface area contributed by atoms with Gasteiger partial charge in [0.2, 0.25) is 5.91 Å². The van der Waals surface area contributed by atoms with Crippen LogP contribution in [0.3, 0.4) is 0 Å². The van der Waals surface area contributed by atoms with Gasteiger partial charge in [-0.25, -0.2) is 4.39 Å². The highest BCUT2D eigenvalue weighted by atomic mass is 19.1. The summed E-state index contributed by atoms with van der Waals surface area (Å²) < 4.78 is 19.4. The second kappa shape index (κ2) is 6.56. The second-order valence-corrected chi connectivity index (χ2v) is 6.08. The third kappa shape index (κ3) is 3.43. The van der Waals surface area contributed by atoms with Crippen LogP contribution in [0, 0.1) is 11.7 Å². The Morgan fingerprint density at radius 3 is 2.76 bits per heavy atom. The SMILES string of the molecule is O=C(C1CCC1)N1CCCC(OCc2ccccc2F)C1. The highest BCUT2D eigenvalue weighted by molar-refractivity contribution is 5.79. The first-order valence-electron chi connectivity index (χ1n) is 7.88. The fourth-order valence-corrected chi connectivity index (χ4v) is 3.01. The molecule has 1 amide bonds. The lowest BCUT2D eigenvalue weighted by molar-refractivity contribution is -0.142. The highest BCUT2D eigenvalue weighted by Gasteiger charge is 2.32. The summed E-state index contributed by atoms with van der Waals surface area (Å²) in [5.41, 5.74) is 0.583. The average molecular weight is 291 g/mol. The molecule has 0 N–H and O–H groups in total. The number of piperidine rings is 1. The van der Waals surface area contributed by atoms with Gasteiger partial charge in [-0.05, 0) is 31.7 Å². The normalized spacial score (nSPS) is 22.9. The quantitative estimate of drug-likeness (QED) is 0.853. The molecule has 2 aliphatic rings. The number of hydrogen-bond acceptors (Lipinski definition) is 2. The molecule has 3 rings (SSSR count). The zero-order valence-electron chi connectivity index (χ0n) is 12.3. The van der Waals surface area contributed by atoms with Gasteiger partial charge in [-0.15, -0.1) is 0 Å². The zero-order valence-corrected chi connectivity index (χ0v) is 12.3.